The lowest BCUT2D eigenvalue weighted by atomic mass is 10.0. The standard InChI is InChI=1S/C22H23N3OS/c1-14-15(2)27-21-20(14)22(26)25(19(23-21)13-24(3)4)12-17-10-7-9-16-8-5-6-11-18(16)17/h5-11H,12-13H2,1-4H3. The van der Waals surface area contributed by atoms with Gasteiger partial charge in [-0.15, -0.1) is 11.3 Å². The van der Waals surface area contributed by atoms with E-state index in [0.717, 1.165) is 32.0 Å². The van der Waals surface area contributed by atoms with Crippen LogP contribution in [0, 0.1) is 13.8 Å². The summed E-state index contributed by atoms with van der Waals surface area (Å²) >= 11 is 1.61. The van der Waals surface area contributed by atoms with Gasteiger partial charge < -0.3 is 4.90 Å². The summed E-state index contributed by atoms with van der Waals surface area (Å²) in [4.78, 5) is 22.4. The predicted molar refractivity (Wildman–Crippen MR) is 114 cm³/mol. The first kappa shape index (κ1) is 17.9. The van der Waals surface area contributed by atoms with Gasteiger partial charge in [0.2, 0.25) is 0 Å². The molecule has 0 aliphatic heterocycles. The molecule has 0 fully saturated rings. The van der Waals surface area contributed by atoms with Crippen molar-refractivity contribution in [3.8, 4) is 0 Å². The number of hydrogen-bond acceptors (Lipinski definition) is 4. The molecule has 2 aromatic carbocycles. The largest absolute Gasteiger partial charge is 0.302 e. The molecule has 5 heteroatoms. The lowest BCUT2D eigenvalue weighted by Crippen LogP contribution is -2.28. The molecule has 0 radical (unpaired) electrons. The van der Waals surface area contributed by atoms with E-state index in [1.165, 1.54) is 10.8 Å². The van der Waals surface area contributed by atoms with Gasteiger partial charge in [0, 0.05) is 4.88 Å². The second-order valence-corrected chi connectivity index (χ2v) is 8.46. The molecule has 0 N–H and O–H groups in total. The van der Waals surface area contributed by atoms with Crippen LogP contribution in [0.25, 0.3) is 21.0 Å². The van der Waals surface area contributed by atoms with E-state index in [2.05, 4.69) is 42.2 Å². The zero-order chi connectivity index (χ0) is 19.1. The normalized spacial score (nSPS) is 11.7. The van der Waals surface area contributed by atoms with Crippen molar-refractivity contribution in [2.45, 2.75) is 26.9 Å². The van der Waals surface area contributed by atoms with Gasteiger partial charge in [-0.2, -0.15) is 0 Å². The molecule has 0 spiro atoms. The predicted octanol–water partition coefficient (Wildman–Crippen LogP) is 4.34. The number of hydrogen-bond donors (Lipinski definition) is 0. The maximum Gasteiger partial charge on any atom is 0.262 e. The van der Waals surface area contributed by atoms with Gasteiger partial charge in [-0.05, 0) is 49.8 Å². The van der Waals surface area contributed by atoms with Crippen molar-refractivity contribution >= 4 is 32.3 Å². The average molecular weight is 378 g/mol. The van der Waals surface area contributed by atoms with Gasteiger partial charge in [0.1, 0.15) is 10.7 Å². The molecule has 0 saturated carbocycles. The summed E-state index contributed by atoms with van der Waals surface area (Å²) in [5, 5.41) is 3.13. The molecule has 4 rings (SSSR count). The second kappa shape index (κ2) is 6.91. The molecule has 0 unspecified atom stereocenters. The lowest BCUT2D eigenvalue weighted by Gasteiger charge is -2.17. The first-order valence-corrected chi connectivity index (χ1v) is 9.88. The summed E-state index contributed by atoms with van der Waals surface area (Å²) in [5.41, 5.74) is 2.25. The highest BCUT2D eigenvalue weighted by atomic mass is 32.1. The summed E-state index contributed by atoms with van der Waals surface area (Å²) in [6.45, 7) is 5.24. The Morgan fingerprint density at radius 2 is 1.81 bits per heavy atom. The topological polar surface area (TPSA) is 38.1 Å². The summed E-state index contributed by atoms with van der Waals surface area (Å²) in [5.74, 6) is 0.812. The molecule has 2 heterocycles. The molecule has 4 nitrogen and oxygen atoms in total. The quantitative estimate of drug-likeness (QED) is 0.531. The maximum absolute atomic E-state index is 13.4. The van der Waals surface area contributed by atoms with E-state index in [-0.39, 0.29) is 5.56 Å². The van der Waals surface area contributed by atoms with Crippen LogP contribution < -0.4 is 5.56 Å². The van der Waals surface area contributed by atoms with Gasteiger partial charge in [0.15, 0.2) is 0 Å². The molecule has 2 aromatic heterocycles. The monoisotopic (exact) mass is 377 g/mol. The average Bonchev–Trinajstić information content (AvgIpc) is 2.92. The molecule has 0 saturated heterocycles. The smallest absolute Gasteiger partial charge is 0.262 e. The summed E-state index contributed by atoms with van der Waals surface area (Å²) in [6, 6.07) is 14.6. The van der Waals surface area contributed by atoms with Crippen molar-refractivity contribution in [3.05, 3.63) is 74.6 Å². The molecule has 27 heavy (non-hydrogen) atoms. The van der Waals surface area contributed by atoms with Gasteiger partial charge in [-0.3, -0.25) is 9.36 Å². The van der Waals surface area contributed by atoms with Crippen LogP contribution in [0.1, 0.15) is 21.8 Å². The number of benzene rings is 2. The van der Waals surface area contributed by atoms with E-state index in [1.807, 2.05) is 37.7 Å². The van der Waals surface area contributed by atoms with E-state index >= 15 is 0 Å². The van der Waals surface area contributed by atoms with Crippen LogP contribution >= 0.6 is 11.3 Å². The van der Waals surface area contributed by atoms with Crippen LogP contribution in [0.2, 0.25) is 0 Å². The van der Waals surface area contributed by atoms with Crippen LogP contribution in [0.4, 0.5) is 0 Å². The van der Waals surface area contributed by atoms with Crippen molar-refractivity contribution < 1.29 is 0 Å². The highest BCUT2D eigenvalue weighted by Crippen LogP contribution is 2.27. The SMILES string of the molecule is Cc1sc2nc(CN(C)C)n(Cc3cccc4ccccc34)c(=O)c2c1C. The van der Waals surface area contributed by atoms with Crippen LogP contribution in [0.5, 0.6) is 0 Å². The van der Waals surface area contributed by atoms with Crippen LogP contribution in [0.3, 0.4) is 0 Å². The Bertz CT molecular complexity index is 1200. The Morgan fingerprint density at radius 3 is 2.59 bits per heavy atom. The summed E-state index contributed by atoms with van der Waals surface area (Å²) in [7, 11) is 4.01. The minimum atomic E-state index is 0.0617. The van der Waals surface area contributed by atoms with Gasteiger partial charge in [-0.1, -0.05) is 42.5 Å². The van der Waals surface area contributed by atoms with Gasteiger partial charge in [-0.25, -0.2) is 4.98 Å². The molecular weight excluding hydrogens is 354 g/mol. The van der Waals surface area contributed by atoms with Crippen molar-refractivity contribution in [2.75, 3.05) is 14.1 Å². The van der Waals surface area contributed by atoms with Crippen molar-refractivity contribution in [3.63, 3.8) is 0 Å². The first-order valence-electron chi connectivity index (χ1n) is 9.06. The second-order valence-electron chi connectivity index (χ2n) is 7.26. The highest BCUT2D eigenvalue weighted by Gasteiger charge is 2.17. The molecule has 0 atom stereocenters. The Morgan fingerprint density at radius 1 is 1.07 bits per heavy atom. The fourth-order valence-corrected chi connectivity index (χ4v) is 4.58. The molecule has 4 aromatic rings. The molecular formula is C22H23N3OS. The number of thiophene rings is 1. The third-order valence-electron chi connectivity index (χ3n) is 5.03. The zero-order valence-electron chi connectivity index (χ0n) is 16.1. The zero-order valence-corrected chi connectivity index (χ0v) is 16.9. The van der Waals surface area contributed by atoms with Crippen molar-refractivity contribution in [2.24, 2.45) is 0 Å². The molecule has 0 amide bonds. The van der Waals surface area contributed by atoms with Crippen LogP contribution in [-0.2, 0) is 13.1 Å². The third-order valence-corrected chi connectivity index (χ3v) is 6.14. The minimum Gasteiger partial charge on any atom is -0.302 e. The van der Waals surface area contributed by atoms with E-state index < -0.39 is 0 Å². The first-order chi connectivity index (χ1) is 13.0. The Hall–Kier alpha value is -2.50. The lowest BCUT2D eigenvalue weighted by molar-refractivity contribution is 0.379. The van der Waals surface area contributed by atoms with E-state index in [0.29, 0.717) is 13.1 Å². The van der Waals surface area contributed by atoms with E-state index in [4.69, 9.17) is 4.98 Å². The van der Waals surface area contributed by atoms with Gasteiger partial charge in [0.05, 0.1) is 18.5 Å². The molecule has 0 aliphatic carbocycles. The maximum atomic E-state index is 13.4. The number of fused-ring (bicyclic) bond motifs is 2. The molecule has 0 aliphatic rings. The van der Waals surface area contributed by atoms with Gasteiger partial charge in [0.25, 0.3) is 5.56 Å². The Balaban J connectivity index is 1.95. The number of rotatable bonds is 4. The van der Waals surface area contributed by atoms with Gasteiger partial charge >= 0.3 is 0 Å². The summed E-state index contributed by atoms with van der Waals surface area (Å²) < 4.78 is 1.85. The number of aryl methyl sites for hydroxylation is 2. The third kappa shape index (κ3) is 3.17. The van der Waals surface area contributed by atoms with Crippen LogP contribution in [-0.4, -0.2) is 28.5 Å². The van der Waals surface area contributed by atoms with E-state index in [1.54, 1.807) is 11.3 Å². The fraction of sp³-hybridized carbons (Fsp3) is 0.273. The number of aromatic nitrogens is 2. The molecule has 138 valence electrons. The van der Waals surface area contributed by atoms with Crippen molar-refractivity contribution in [1.82, 2.24) is 14.5 Å². The Labute approximate surface area is 162 Å². The summed E-state index contributed by atoms with van der Waals surface area (Å²) in [6.07, 6.45) is 0. The highest BCUT2D eigenvalue weighted by molar-refractivity contribution is 7.18. The van der Waals surface area contributed by atoms with Crippen LogP contribution in [0.15, 0.2) is 47.3 Å². The Kier molecular flexibility index (Phi) is 4.58. The fourth-order valence-electron chi connectivity index (χ4n) is 3.54. The van der Waals surface area contributed by atoms with Crippen molar-refractivity contribution in [1.29, 1.82) is 0 Å². The molecule has 0 bridgehead atoms. The number of nitrogens with zero attached hydrogens (tertiary/aromatic N) is 3. The minimum absolute atomic E-state index is 0.0617. The van der Waals surface area contributed by atoms with E-state index in [9.17, 15) is 4.79 Å².